The van der Waals surface area contributed by atoms with Gasteiger partial charge in [-0.15, -0.1) is 0 Å². The SMILES string of the molecule is CCOc1cccc(Nc2nc3ccccc3s2)c1. The average Bonchev–Trinajstić information content (AvgIpc) is 2.81. The lowest BCUT2D eigenvalue weighted by Crippen LogP contribution is -1.93. The van der Waals surface area contributed by atoms with Crippen molar-refractivity contribution in [3.8, 4) is 5.75 Å². The van der Waals surface area contributed by atoms with Crippen molar-refractivity contribution in [1.29, 1.82) is 0 Å². The number of benzene rings is 2. The van der Waals surface area contributed by atoms with Gasteiger partial charge in [-0.3, -0.25) is 0 Å². The summed E-state index contributed by atoms with van der Waals surface area (Å²) in [5, 5.41) is 4.22. The van der Waals surface area contributed by atoms with Crippen LogP contribution in [0.1, 0.15) is 6.92 Å². The van der Waals surface area contributed by atoms with Gasteiger partial charge in [-0.2, -0.15) is 0 Å². The number of hydrogen-bond donors (Lipinski definition) is 1. The molecule has 0 bridgehead atoms. The first-order chi connectivity index (χ1) is 9.35. The molecule has 1 heterocycles. The molecule has 0 spiro atoms. The lowest BCUT2D eigenvalue weighted by Gasteiger charge is -2.06. The van der Waals surface area contributed by atoms with E-state index in [4.69, 9.17) is 4.74 Å². The molecule has 3 aromatic rings. The van der Waals surface area contributed by atoms with E-state index in [1.165, 1.54) is 4.70 Å². The van der Waals surface area contributed by atoms with Gasteiger partial charge in [0.25, 0.3) is 0 Å². The highest BCUT2D eigenvalue weighted by atomic mass is 32.1. The minimum atomic E-state index is 0.671. The van der Waals surface area contributed by atoms with Crippen LogP contribution in [0, 0.1) is 0 Å². The molecule has 0 aliphatic heterocycles. The number of rotatable bonds is 4. The minimum Gasteiger partial charge on any atom is -0.494 e. The maximum absolute atomic E-state index is 5.49. The van der Waals surface area contributed by atoms with Gasteiger partial charge >= 0.3 is 0 Å². The van der Waals surface area contributed by atoms with Gasteiger partial charge in [0.1, 0.15) is 5.75 Å². The third-order valence-corrected chi connectivity index (χ3v) is 3.64. The molecule has 0 atom stereocenters. The fourth-order valence-corrected chi connectivity index (χ4v) is 2.77. The van der Waals surface area contributed by atoms with Gasteiger partial charge in [0, 0.05) is 11.8 Å². The molecule has 96 valence electrons. The van der Waals surface area contributed by atoms with E-state index in [-0.39, 0.29) is 0 Å². The van der Waals surface area contributed by atoms with Crippen LogP contribution < -0.4 is 10.1 Å². The molecule has 0 amide bonds. The molecule has 1 N–H and O–H groups in total. The van der Waals surface area contributed by atoms with E-state index in [2.05, 4.69) is 16.4 Å². The Balaban J connectivity index is 1.85. The molecular formula is C15H14N2OS. The van der Waals surface area contributed by atoms with Crippen molar-refractivity contribution in [2.45, 2.75) is 6.92 Å². The highest BCUT2D eigenvalue weighted by Crippen LogP contribution is 2.29. The molecule has 0 unspecified atom stereocenters. The molecule has 0 aliphatic rings. The van der Waals surface area contributed by atoms with E-state index in [1.54, 1.807) is 11.3 Å². The van der Waals surface area contributed by atoms with Gasteiger partial charge in [0.2, 0.25) is 0 Å². The summed E-state index contributed by atoms with van der Waals surface area (Å²) in [6.45, 7) is 2.65. The number of hydrogen-bond acceptors (Lipinski definition) is 4. The van der Waals surface area contributed by atoms with Gasteiger partial charge < -0.3 is 10.1 Å². The third-order valence-electron chi connectivity index (χ3n) is 2.69. The molecule has 1 aromatic heterocycles. The summed E-state index contributed by atoms with van der Waals surface area (Å²) >= 11 is 1.65. The molecule has 0 aliphatic carbocycles. The summed E-state index contributed by atoms with van der Waals surface area (Å²) in [4.78, 5) is 4.55. The van der Waals surface area contributed by atoms with Gasteiger partial charge in [-0.05, 0) is 31.2 Å². The molecule has 3 rings (SSSR count). The van der Waals surface area contributed by atoms with Crippen LogP contribution in [0.5, 0.6) is 5.75 Å². The summed E-state index contributed by atoms with van der Waals surface area (Å²) in [5.74, 6) is 0.869. The zero-order chi connectivity index (χ0) is 13.1. The lowest BCUT2D eigenvalue weighted by atomic mass is 10.3. The summed E-state index contributed by atoms with van der Waals surface area (Å²) < 4.78 is 6.67. The van der Waals surface area contributed by atoms with Crippen molar-refractivity contribution in [3.63, 3.8) is 0 Å². The van der Waals surface area contributed by atoms with E-state index in [0.29, 0.717) is 6.61 Å². The molecular weight excluding hydrogens is 256 g/mol. The largest absolute Gasteiger partial charge is 0.494 e. The molecule has 0 fully saturated rings. The second kappa shape index (κ2) is 5.28. The Morgan fingerprint density at radius 3 is 2.89 bits per heavy atom. The van der Waals surface area contributed by atoms with Crippen LogP contribution in [-0.4, -0.2) is 11.6 Å². The molecule has 3 nitrogen and oxygen atoms in total. The van der Waals surface area contributed by atoms with Crippen molar-refractivity contribution >= 4 is 32.4 Å². The molecule has 4 heteroatoms. The van der Waals surface area contributed by atoms with E-state index in [1.807, 2.05) is 49.4 Å². The number of thiazole rings is 1. The van der Waals surface area contributed by atoms with E-state index in [0.717, 1.165) is 22.1 Å². The number of ether oxygens (including phenoxy) is 1. The quantitative estimate of drug-likeness (QED) is 0.761. The summed E-state index contributed by atoms with van der Waals surface area (Å²) in [7, 11) is 0. The Morgan fingerprint density at radius 1 is 1.16 bits per heavy atom. The second-order valence-corrected chi connectivity index (χ2v) is 5.10. The average molecular weight is 270 g/mol. The van der Waals surface area contributed by atoms with Gasteiger partial charge in [-0.1, -0.05) is 29.5 Å². The fourth-order valence-electron chi connectivity index (χ4n) is 1.88. The Kier molecular flexibility index (Phi) is 3.33. The number of nitrogens with one attached hydrogen (secondary N) is 1. The molecule has 0 saturated heterocycles. The van der Waals surface area contributed by atoms with Crippen LogP contribution in [0.25, 0.3) is 10.2 Å². The van der Waals surface area contributed by atoms with Crippen LogP contribution in [0.2, 0.25) is 0 Å². The highest BCUT2D eigenvalue weighted by molar-refractivity contribution is 7.22. The standard InChI is InChI=1S/C15H14N2OS/c1-2-18-12-7-5-6-11(10-12)16-15-17-13-8-3-4-9-14(13)19-15/h3-10H,2H2,1H3,(H,16,17). The van der Waals surface area contributed by atoms with Gasteiger partial charge in [-0.25, -0.2) is 4.98 Å². The van der Waals surface area contributed by atoms with E-state index >= 15 is 0 Å². The van der Waals surface area contributed by atoms with Crippen molar-refractivity contribution in [1.82, 2.24) is 4.98 Å². The number of nitrogens with zero attached hydrogens (tertiary/aromatic N) is 1. The lowest BCUT2D eigenvalue weighted by molar-refractivity contribution is 0.340. The van der Waals surface area contributed by atoms with Crippen molar-refractivity contribution in [3.05, 3.63) is 48.5 Å². The Hall–Kier alpha value is -2.07. The summed E-state index contributed by atoms with van der Waals surface area (Å²) in [5.41, 5.74) is 2.01. The maximum atomic E-state index is 5.49. The van der Waals surface area contributed by atoms with E-state index < -0.39 is 0 Å². The van der Waals surface area contributed by atoms with Gasteiger partial charge in [0.15, 0.2) is 5.13 Å². The Morgan fingerprint density at radius 2 is 2.05 bits per heavy atom. The highest BCUT2D eigenvalue weighted by Gasteiger charge is 2.03. The van der Waals surface area contributed by atoms with Crippen molar-refractivity contribution in [2.24, 2.45) is 0 Å². The third kappa shape index (κ3) is 2.69. The van der Waals surface area contributed by atoms with Crippen LogP contribution in [0.4, 0.5) is 10.8 Å². The number of para-hydroxylation sites is 1. The van der Waals surface area contributed by atoms with Gasteiger partial charge in [0.05, 0.1) is 16.8 Å². The first-order valence-corrected chi connectivity index (χ1v) is 7.02. The summed E-state index contributed by atoms with van der Waals surface area (Å²) in [6.07, 6.45) is 0. The van der Waals surface area contributed by atoms with Crippen LogP contribution in [-0.2, 0) is 0 Å². The first kappa shape index (κ1) is 12.0. The molecule has 19 heavy (non-hydrogen) atoms. The fraction of sp³-hybridized carbons (Fsp3) is 0.133. The smallest absolute Gasteiger partial charge is 0.188 e. The Bertz CT molecular complexity index is 660. The Labute approximate surface area is 115 Å². The number of anilines is 2. The number of aromatic nitrogens is 1. The maximum Gasteiger partial charge on any atom is 0.188 e. The topological polar surface area (TPSA) is 34.1 Å². The van der Waals surface area contributed by atoms with Crippen LogP contribution in [0.15, 0.2) is 48.5 Å². The predicted molar refractivity (Wildman–Crippen MR) is 80.5 cm³/mol. The minimum absolute atomic E-state index is 0.671. The number of fused-ring (bicyclic) bond motifs is 1. The van der Waals surface area contributed by atoms with Crippen LogP contribution in [0.3, 0.4) is 0 Å². The summed E-state index contributed by atoms with van der Waals surface area (Å²) in [6, 6.07) is 16.0. The molecule has 0 radical (unpaired) electrons. The predicted octanol–water partition coefficient (Wildman–Crippen LogP) is 4.44. The van der Waals surface area contributed by atoms with Crippen molar-refractivity contribution in [2.75, 3.05) is 11.9 Å². The van der Waals surface area contributed by atoms with E-state index in [9.17, 15) is 0 Å². The molecule has 2 aromatic carbocycles. The zero-order valence-electron chi connectivity index (χ0n) is 10.6. The van der Waals surface area contributed by atoms with Crippen LogP contribution >= 0.6 is 11.3 Å². The van der Waals surface area contributed by atoms with Crippen molar-refractivity contribution < 1.29 is 4.74 Å². The second-order valence-electron chi connectivity index (χ2n) is 4.07. The zero-order valence-corrected chi connectivity index (χ0v) is 11.4. The molecule has 0 saturated carbocycles. The monoisotopic (exact) mass is 270 g/mol. The first-order valence-electron chi connectivity index (χ1n) is 6.20. The normalized spacial score (nSPS) is 10.6.